The highest BCUT2D eigenvalue weighted by Crippen LogP contribution is 2.24. The molecule has 2 N–H and O–H groups in total. The Morgan fingerprint density at radius 2 is 2.12 bits per heavy atom. The molecule has 0 aliphatic rings. The molecule has 0 aliphatic heterocycles. The fraction of sp³-hybridized carbons (Fsp3) is 0.222. The lowest BCUT2D eigenvalue weighted by atomic mass is 10.2. The van der Waals surface area contributed by atoms with Gasteiger partial charge in [0, 0.05) is 48.4 Å². The first-order valence-electron chi connectivity index (χ1n) is 8.34. The predicted octanol–water partition coefficient (Wildman–Crippen LogP) is 3.44. The van der Waals surface area contributed by atoms with E-state index in [4.69, 9.17) is 12.2 Å². The van der Waals surface area contributed by atoms with Crippen LogP contribution in [0, 0.1) is 4.77 Å². The average molecular weight is 368 g/mol. The van der Waals surface area contributed by atoms with Crippen LogP contribution in [0.15, 0.2) is 47.8 Å². The van der Waals surface area contributed by atoms with Gasteiger partial charge in [0.2, 0.25) is 4.77 Å². The van der Waals surface area contributed by atoms with Crippen LogP contribution in [0.2, 0.25) is 0 Å². The van der Waals surface area contributed by atoms with Gasteiger partial charge in [-0.05, 0) is 50.3 Å². The van der Waals surface area contributed by atoms with Gasteiger partial charge in [0.1, 0.15) is 5.75 Å². The Hall–Kier alpha value is -3.00. The molecule has 0 saturated carbocycles. The van der Waals surface area contributed by atoms with Crippen LogP contribution in [-0.2, 0) is 0 Å². The highest BCUT2D eigenvalue weighted by atomic mass is 32.1. The van der Waals surface area contributed by atoms with Crippen molar-refractivity contribution in [2.24, 2.45) is 5.10 Å². The second-order valence-electron chi connectivity index (χ2n) is 5.57. The first kappa shape index (κ1) is 17.8. The number of aromatic nitrogens is 4. The summed E-state index contributed by atoms with van der Waals surface area (Å²) in [6, 6.07) is 9.23. The summed E-state index contributed by atoms with van der Waals surface area (Å²) in [7, 11) is 0. The van der Waals surface area contributed by atoms with Gasteiger partial charge in [-0.2, -0.15) is 14.9 Å². The van der Waals surface area contributed by atoms with Crippen molar-refractivity contribution in [1.82, 2.24) is 19.9 Å². The van der Waals surface area contributed by atoms with Gasteiger partial charge in [-0.15, -0.1) is 0 Å². The summed E-state index contributed by atoms with van der Waals surface area (Å²) >= 11 is 5.25. The number of pyridine rings is 1. The summed E-state index contributed by atoms with van der Waals surface area (Å²) in [5.74, 6) is 0.717. The lowest BCUT2D eigenvalue weighted by Crippen LogP contribution is -2.21. The van der Waals surface area contributed by atoms with E-state index in [1.165, 1.54) is 4.68 Å². The summed E-state index contributed by atoms with van der Waals surface area (Å²) in [6.45, 7) is 5.91. The molecule has 0 saturated heterocycles. The SMILES string of the molecule is CCN(CC)c1ccc(/C=N\n2c(-c3cccnc3)n[nH]c2=S)c(O)c1. The number of hydrogen-bond donors (Lipinski definition) is 2. The molecule has 0 amide bonds. The maximum atomic E-state index is 10.3. The molecule has 1 aromatic carbocycles. The van der Waals surface area contributed by atoms with Crippen LogP contribution in [0.3, 0.4) is 0 Å². The number of aromatic hydroxyl groups is 1. The zero-order chi connectivity index (χ0) is 18.5. The second kappa shape index (κ2) is 7.92. The Kier molecular flexibility index (Phi) is 5.43. The first-order chi connectivity index (χ1) is 12.6. The minimum Gasteiger partial charge on any atom is -0.507 e. The van der Waals surface area contributed by atoms with Crippen LogP contribution in [-0.4, -0.2) is 44.3 Å². The van der Waals surface area contributed by atoms with Crippen LogP contribution in [0.5, 0.6) is 5.75 Å². The molecule has 0 bridgehead atoms. The van der Waals surface area contributed by atoms with E-state index in [9.17, 15) is 5.11 Å². The third-order valence-corrected chi connectivity index (χ3v) is 4.29. The van der Waals surface area contributed by atoms with Crippen molar-refractivity contribution in [3.63, 3.8) is 0 Å². The van der Waals surface area contributed by atoms with Gasteiger partial charge >= 0.3 is 0 Å². The van der Waals surface area contributed by atoms with Gasteiger partial charge in [-0.3, -0.25) is 4.98 Å². The van der Waals surface area contributed by atoms with Crippen LogP contribution >= 0.6 is 12.2 Å². The lowest BCUT2D eigenvalue weighted by Gasteiger charge is -2.21. The monoisotopic (exact) mass is 368 g/mol. The number of hydrogen-bond acceptors (Lipinski definition) is 6. The van der Waals surface area contributed by atoms with E-state index < -0.39 is 0 Å². The number of rotatable bonds is 6. The van der Waals surface area contributed by atoms with Crippen molar-refractivity contribution in [3.8, 4) is 17.1 Å². The van der Waals surface area contributed by atoms with Crippen molar-refractivity contribution >= 4 is 24.1 Å². The third kappa shape index (κ3) is 3.65. The highest BCUT2D eigenvalue weighted by Gasteiger charge is 2.09. The summed E-state index contributed by atoms with van der Waals surface area (Å²) in [5, 5.41) is 21.6. The Morgan fingerprint density at radius 1 is 1.31 bits per heavy atom. The van der Waals surface area contributed by atoms with E-state index in [0.29, 0.717) is 16.2 Å². The van der Waals surface area contributed by atoms with Crippen LogP contribution < -0.4 is 4.90 Å². The molecule has 2 aromatic heterocycles. The van der Waals surface area contributed by atoms with Crippen molar-refractivity contribution in [1.29, 1.82) is 0 Å². The van der Waals surface area contributed by atoms with Gasteiger partial charge < -0.3 is 10.0 Å². The number of nitrogens with zero attached hydrogens (tertiary/aromatic N) is 5. The zero-order valence-corrected chi connectivity index (χ0v) is 15.4. The van der Waals surface area contributed by atoms with E-state index in [-0.39, 0.29) is 5.75 Å². The number of H-pyrrole nitrogens is 1. The number of aromatic amines is 1. The van der Waals surface area contributed by atoms with Gasteiger partial charge in [0.05, 0.1) is 6.21 Å². The Labute approximate surface area is 156 Å². The van der Waals surface area contributed by atoms with Crippen molar-refractivity contribution in [3.05, 3.63) is 53.1 Å². The second-order valence-corrected chi connectivity index (χ2v) is 5.95. The van der Waals surface area contributed by atoms with E-state index in [1.54, 1.807) is 24.7 Å². The number of anilines is 1. The maximum absolute atomic E-state index is 10.3. The molecule has 7 nitrogen and oxygen atoms in total. The van der Waals surface area contributed by atoms with E-state index >= 15 is 0 Å². The molecule has 0 spiro atoms. The number of phenols is 1. The maximum Gasteiger partial charge on any atom is 0.216 e. The van der Waals surface area contributed by atoms with Crippen molar-refractivity contribution in [2.45, 2.75) is 13.8 Å². The standard InChI is InChI=1S/C18H20N6OS/c1-3-23(4-2)15-8-7-13(16(25)10-15)12-20-24-17(21-22-18(24)26)14-6-5-9-19-11-14/h5-12,25H,3-4H2,1-2H3,(H,22,26)/b20-12-. The topological polar surface area (TPSA) is 82.3 Å². The number of nitrogens with one attached hydrogen (secondary N) is 1. The van der Waals surface area contributed by atoms with E-state index in [1.807, 2.05) is 24.3 Å². The lowest BCUT2D eigenvalue weighted by molar-refractivity contribution is 0.474. The summed E-state index contributed by atoms with van der Waals surface area (Å²) in [4.78, 5) is 6.25. The van der Waals surface area contributed by atoms with Gasteiger partial charge in [-0.1, -0.05) is 0 Å². The predicted molar refractivity (Wildman–Crippen MR) is 105 cm³/mol. The van der Waals surface area contributed by atoms with Gasteiger partial charge in [0.15, 0.2) is 5.82 Å². The molecular weight excluding hydrogens is 348 g/mol. The molecular formula is C18H20N6OS. The molecule has 8 heteroatoms. The molecule has 0 atom stereocenters. The average Bonchev–Trinajstić information content (AvgIpc) is 3.03. The fourth-order valence-electron chi connectivity index (χ4n) is 2.63. The Morgan fingerprint density at radius 3 is 2.77 bits per heavy atom. The number of phenolic OH excluding ortho intramolecular Hbond substituents is 1. The summed E-state index contributed by atoms with van der Waals surface area (Å²) in [6.07, 6.45) is 4.94. The fourth-order valence-corrected chi connectivity index (χ4v) is 2.81. The smallest absolute Gasteiger partial charge is 0.216 e. The van der Waals surface area contributed by atoms with Crippen LogP contribution in [0.1, 0.15) is 19.4 Å². The highest BCUT2D eigenvalue weighted by molar-refractivity contribution is 7.71. The van der Waals surface area contributed by atoms with Crippen LogP contribution in [0.4, 0.5) is 5.69 Å². The van der Waals surface area contributed by atoms with Crippen molar-refractivity contribution in [2.75, 3.05) is 18.0 Å². The first-order valence-corrected chi connectivity index (χ1v) is 8.75. The van der Waals surface area contributed by atoms with Gasteiger partial charge in [-0.25, -0.2) is 5.10 Å². The van der Waals surface area contributed by atoms with Crippen LogP contribution in [0.25, 0.3) is 11.4 Å². The zero-order valence-electron chi connectivity index (χ0n) is 14.6. The normalized spacial score (nSPS) is 11.2. The molecule has 134 valence electrons. The van der Waals surface area contributed by atoms with E-state index in [0.717, 1.165) is 24.3 Å². The molecule has 0 unspecified atom stereocenters. The van der Waals surface area contributed by atoms with Gasteiger partial charge in [0.25, 0.3) is 0 Å². The third-order valence-electron chi connectivity index (χ3n) is 4.03. The molecule has 0 fully saturated rings. The molecule has 26 heavy (non-hydrogen) atoms. The Balaban J connectivity index is 1.92. The molecule has 0 aliphatic carbocycles. The molecule has 0 radical (unpaired) electrons. The minimum absolute atomic E-state index is 0.163. The largest absolute Gasteiger partial charge is 0.507 e. The minimum atomic E-state index is 0.163. The Bertz CT molecular complexity index is 959. The number of benzene rings is 1. The summed E-state index contributed by atoms with van der Waals surface area (Å²) in [5.41, 5.74) is 2.36. The van der Waals surface area contributed by atoms with E-state index in [2.05, 4.69) is 39.0 Å². The summed E-state index contributed by atoms with van der Waals surface area (Å²) < 4.78 is 1.86. The van der Waals surface area contributed by atoms with Crippen molar-refractivity contribution < 1.29 is 5.11 Å². The molecule has 2 heterocycles. The quantitative estimate of drug-likeness (QED) is 0.514. The molecule has 3 rings (SSSR count). The molecule has 3 aromatic rings.